The van der Waals surface area contributed by atoms with E-state index in [0.29, 0.717) is 10.0 Å². The molecule has 3 aromatic rings. The van der Waals surface area contributed by atoms with Crippen LogP contribution in [-0.2, 0) is 14.8 Å². The molecule has 0 radical (unpaired) electrons. The first-order valence-corrected chi connectivity index (χ1v) is 10.4. The molecule has 0 amide bonds. The van der Waals surface area contributed by atoms with Crippen molar-refractivity contribution in [1.29, 1.82) is 0 Å². The van der Waals surface area contributed by atoms with Crippen LogP contribution in [0.15, 0.2) is 47.4 Å². The van der Waals surface area contributed by atoms with E-state index in [1.165, 1.54) is 19.2 Å². The average molecular weight is 444 g/mol. The number of rotatable bonds is 5. The smallest absolute Gasteiger partial charge is 0.337 e. The Labute approximate surface area is 169 Å². The molecule has 2 aromatic carbocycles. The lowest BCUT2D eigenvalue weighted by molar-refractivity contribution is 0.0600. The Hall–Kier alpha value is -2.20. The zero-order chi connectivity index (χ0) is 19.6. The van der Waals surface area contributed by atoms with Crippen molar-refractivity contribution < 1.29 is 17.9 Å². The van der Waals surface area contributed by atoms with Crippen LogP contribution in [0.2, 0.25) is 10.0 Å². The van der Waals surface area contributed by atoms with Gasteiger partial charge in [-0.25, -0.2) is 13.2 Å². The van der Waals surface area contributed by atoms with Gasteiger partial charge in [-0.1, -0.05) is 46.7 Å². The molecule has 7 nitrogen and oxygen atoms in total. The Kier molecular flexibility index (Phi) is 5.66. The van der Waals surface area contributed by atoms with Gasteiger partial charge in [0.1, 0.15) is 9.90 Å². The summed E-state index contributed by atoms with van der Waals surface area (Å²) in [6, 6.07) is 10.7. The van der Waals surface area contributed by atoms with Crippen molar-refractivity contribution in [2.45, 2.75) is 4.90 Å². The molecule has 1 aromatic heterocycles. The van der Waals surface area contributed by atoms with Crippen molar-refractivity contribution in [2.24, 2.45) is 0 Å². The summed E-state index contributed by atoms with van der Waals surface area (Å²) in [4.78, 5) is 11.4. The number of benzene rings is 2. The number of sulfonamides is 1. The molecule has 140 valence electrons. The highest BCUT2D eigenvalue weighted by Crippen LogP contribution is 2.30. The number of carbonyl (C=O) groups is 1. The summed E-state index contributed by atoms with van der Waals surface area (Å²) in [5.41, 5.74) is 0.800. The highest BCUT2D eigenvalue weighted by atomic mass is 35.5. The van der Waals surface area contributed by atoms with Crippen LogP contribution in [0.1, 0.15) is 10.4 Å². The van der Waals surface area contributed by atoms with Gasteiger partial charge in [-0.05, 0) is 30.3 Å². The van der Waals surface area contributed by atoms with Crippen LogP contribution in [0.25, 0.3) is 10.6 Å². The Morgan fingerprint density at radius 3 is 2.48 bits per heavy atom. The third-order valence-electron chi connectivity index (χ3n) is 3.38. The highest BCUT2D eigenvalue weighted by Gasteiger charge is 2.22. The van der Waals surface area contributed by atoms with E-state index < -0.39 is 16.0 Å². The van der Waals surface area contributed by atoms with E-state index in [2.05, 4.69) is 19.7 Å². The van der Waals surface area contributed by atoms with E-state index >= 15 is 0 Å². The minimum atomic E-state index is -4.09. The predicted molar refractivity (Wildman–Crippen MR) is 104 cm³/mol. The summed E-state index contributed by atoms with van der Waals surface area (Å²) in [5.74, 6) is -0.677. The molecule has 0 saturated carbocycles. The van der Waals surface area contributed by atoms with Gasteiger partial charge >= 0.3 is 5.97 Å². The van der Waals surface area contributed by atoms with Crippen molar-refractivity contribution in [1.82, 2.24) is 10.2 Å². The molecular weight excluding hydrogens is 433 g/mol. The second-order valence-corrected chi connectivity index (χ2v) is 8.63. The molecule has 0 saturated heterocycles. The maximum absolute atomic E-state index is 12.6. The number of hydrogen-bond donors (Lipinski definition) is 1. The summed E-state index contributed by atoms with van der Waals surface area (Å²) in [5, 5.41) is 8.90. The van der Waals surface area contributed by atoms with Gasteiger partial charge in [0.25, 0.3) is 10.0 Å². The molecule has 0 aliphatic heterocycles. The zero-order valence-corrected chi connectivity index (χ0v) is 16.8. The van der Waals surface area contributed by atoms with Gasteiger partial charge in [-0.3, -0.25) is 4.72 Å². The van der Waals surface area contributed by atoms with Gasteiger partial charge in [0.15, 0.2) is 0 Å². The number of methoxy groups -OCH3 is 1. The van der Waals surface area contributed by atoms with Gasteiger partial charge in [-0.2, -0.15) is 0 Å². The molecule has 11 heteroatoms. The molecule has 3 rings (SSSR count). The van der Waals surface area contributed by atoms with Gasteiger partial charge in [-0.15, -0.1) is 10.2 Å². The van der Waals surface area contributed by atoms with Crippen LogP contribution in [0.5, 0.6) is 0 Å². The monoisotopic (exact) mass is 443 g/mol. The second-order valence-electron chi connectivity index (χ2n) is 5.16. The lowest BCUT2D eigenvalue weighted by Crippen LogP contribution is -2.14. The van der Waals surface area contributed by atoms with Crippen molar-refractivity contribution in [3.8, 4) is 10.6 Å². The fourth-order valence-corrected chi connectivity index (χ4v) is 4.73. The maximum Gasteiger partial charge on any atom is 0.337 e. The van der Waals surface area contributed by atoms with Crippen LogP contribution in [0, 0.1) is 0 Å². The minimum absolute atomic E-state index is 0.0439. The SMILES string of the molecule is COC(=O)c1ccc(Cl)c(S(=O)(=O)Nc2nnc(-c3ccc(Cl)cc3)s2)c1. The van der Waals surface area contributed by atoms with Crippen LogP contribution >= 0.6 is 34.5 Å². The summed E-state index contributed by atoms with van der Waals surface area (Å²) in [6.45, 7) is 0. The molecule has 0 atom stereocenters. The van der Waals surface area contributed by atoms with E-state index in [1.807, 2.05) is 0 Å². The Bertz CT molecular complexity index is 1100. The third kappa shape index (κ3) is 4.38. The Morgan fingerprint density at radius 2 is 1.81 bits per heavy atom. The summed E-state index contributed by atoms with van der Waals surface area (Å²) in [7, 11) is -2.89. The second kappa shape index (κ2) is 7.81. The normalized spacial score (nSPS) is 11.2. The van der Waals surface area contributed by atoms with E-state index in [1.54, 1.807) is 24.3 Å². The van der Waals surface area contributed by atoms with E-state index in [-0.39, 0.29) is 20.6 Å². The molecule has 1 heterocycles. The fourth-order valence-electron chi connectivity index (χ4n) is 2.10. The first-order chi connectivity index (χ1) is 12.8. The average Bonchev–Trinajstić information content (AvgIpc) is 3.09. The van der Waals surface area contributed by atoms with E-state index in [9.17, 15) is 13.2 Å². The number of aromatic nitrogens is 2. The fraction of sp³-hybridized carbons (Fsp3) is 0.0625. The van der Waals surface area contributed by atoms with Gasteiger partial charge in [0, 0.05) is 10.6 Å². The zero-order valence-electron chi connectivity index (χ0n) is 13.6. The number of hydrogen-bond acceptors (Lipinski definition) is 7. The van der Waals surface area contributed by atoms with Crippen LogP contribution in [-0.4, -0.2) is 31.7 Å². The van der Waals surface area contributed by atoms with Crippen molar-refractivity contribution >= 4 is 55.7 Å². The summed E-state index contributed by atoms with van der Waals surface area (Å²) >= 11 is 12.9. The Balaban J connectivity index is 1.89. The number of halogens is 2. The lowest BCUT2D eigenvalue weighted by Gasteiger charge is -2.08. The van der Waals surface area contributed by atoms with Crippen molar-refractivity contribution in [3.05, 3.63) is 58.1 Å². The standard InChI is InChI=1S/C16H11Cl2N3O4S2/c1-25-15(22)10-4-7-12(18)13(8-10)27(23,24)21-16-20-19-14(26-16)9-2-5-11(17)6-3-9/h2-8H,1H3,(H,20,21). The molecule has 0 fully saturated rings. The number of anilines is 1. The van der Waals surface area contributed by atoms with Crippen LogP contribution in [0.4, 0.5) is 5.13 Å². The van der Waals surface area contributed by atoms with Gasteiger partial charge < -0.3 is 4.74 Å². The Morgan fingerprint density at radius 1 is 1.11 bits per heavy atom. The molecule has 27 heavy (non-hydrogen) atoms. The van der Waals surface area contributed by atoms with E-state index in [4.69, 9.17) is 23.2 Å². The molecular formula is C16H11Cl2N3O4S2. The van der Waals surface area contributed by atoms with Crippen molar-refractivity contribution in [2.75, 3.05) is 11.8 Å². The van der Waals surface area contributed by atoms with Gasteiger partial charge in [0.05, 0.1) is 17.7 Å². The first-order valence-electron chi connectivity index (χ1n) is 7.30. The molecule has 1 N–H and O–H groups in total. The number of ether oxygens (including phenoxy) is 1. The molecule has 0 unspecified atom stereocenters. The van der Waals surface area contributed by atoms with Crippen LogP contribution < -0.4 is 4.72 Å². The number of nitrogens with one attached hydrogen (secondary N) is 1. The molecule has 0 aliphatic rings. The lowest BCUT2D eigenvalue weighted by atomic mass is 10.2. The maximum atomic E-state index is 12.6. The third-order valence-corrected chi connectivity index (χ3v) is 6.47. The topological polar surface area (TPSA) is 98.2 Å². The van der Waals surface area contributed by atoms with E-state index in [0.717, 1.165) is 23.0 Å². The van der Waals surface area contributed by atoms with Gasteiger partial charge in [0.2, 0.25) is 5.13 Å². The highest BCUT2D eigenvalue weighted by molar-refractivity contribution is 7.93. The first kappa shape index (κ1) is 19.6. The molecule has 0 aliphatic carbocycles. The molecule has 0 spiro atoms. The van der Waals surface area contributed by atoms with Crippen LogP contribution in [0.3, 0.4) is 0 Å². The quantitative estimate of drug-likeness (QED) is 0.595. The predicted octanol–water partition coefficient (Wildman–Crippen LogP) is 4.10. The molecule has 0 bridgehead atoms. The van der Waals surface area contributed by atoms with Crippen molar-refractivity contribution in [3.63, 3.8) is 0 Å². The summed E-state index contributed by atoms with van der Waals surface area (Å²) < 4.78 is 32.2. The minimum Gasteiger partial charge on any atom is -0.465 e. The number of carbonyl (C=O) groups excluding carboxylic acids is 1. The summed E-state index contributed by atoms with van der Waals surface area (Å²) in [6.07, 6.45) is 0. The number of nitrogens with zero attached hydrogens (tertiary/aromatic N) is 2. The largest absolute Gasteiger partial charge is 0.465 e. The number of esters is 1.